The van der Waals surface area contributed by atoms with Gasteiger partial charge in [-0.15, -0.1) is 0 Å². The van der Waals surface area contributed by atoms with Crippen LogP contribution in [0.2, 0.25) is 0 Å². The van der Waals surface area contributed by atoms with Gasteiger partial charge in [-0.1, -0.05) is 0 Å². The summed E-state index contributed by atoms with van der Waals surface area (Å²) >= 11 is 0. The predicted octanol–water partition coefficient (Wildman–Crippen LogP) is 2.41. The zero-order valence-corrected chi connectivity index (χ0v) is 12.6. The second-order valence-corrected chi connectivity index (χ2v) is 5.20. The molecule has 25 heavy (non-hydrogen) atoms. The molecule has 2 aromatic heterocycles. The van der Waals surface area contributed by atoms with Crippen molar-refractivity contribution in [2.24, 2.45) is 0 Å². The smallest absolute Gasteiger partial charge is 0.405 e. The van der Waals surface area contributed by atoms with Crippen molar-refractivity contribution in [2.75, 3.05) is 0 Å². The minimum absolute atomic E-state index is 0.0800. The number of hydrogen-bond donors (Lipinski definition) is 2. The summed E-state index contributed by atoms with van der Waals surface area (Å²) in [6, 6.07) is 4.67. The maximum atomic E-state index is 13.3. The van der Waals surface area contributed by atoms with E-state index in [1.54, 1.807) is 0 Å². The lowest BCUT2D eigenvalue weighted by atomic mass is 10.1. The van der Waals surface area contributed by atoms with E-state index in [1.165, 1.54) is 18.3 Å². The SMILES string of the molecule is O=C(O)NC(Cc1cc(F)cc(F)c1)c1nc2ncccc2c(=O)o1. The lowest BCUT2D eigenvalue weighted by Gasteiger charge is -2.15. The summed E-state index contributed by atoms with van der Waals surface area (Å²) in [7, 11) is 0. The highest BCUT2D eigenvalue weighted by molar-refractivity contribution is 5.72. The molecule has 2 N–H and O–H groups in total. The van der Waals surface area contributed by atoms with E-state index in [-0.39, 0.29) is 28.9 Å². The van der Waals surface area contributed by atoms with Gasteiger partial charge in [0.15, 0.2) is 5.65 Å². The van der Waals surface area contributed by atoms with E-state index >= 15 is 0 Å². The first kappa shape index (κ1) is 16.5. The second kappa shape index (κ2) is 6.63. The summed E-state index contributed by atoms with van der Waals surface area (Å²) in [6.07, 6.45) is -0.164. The number of carboxylic acid groups (broad SMARTS) is 1. The molecule has 0 fully saturated rings. The average molecular weight is 347 g/mol. The number of aromatic nitrogens is 2. The highest BCUT2D eigenvalue weighted by Crippen LogP contribution is 2.19. The fraction of sp³-hybridized carbons (Fsp3) is 0.125. The lowest BCUT2D eigenvalue weighted by molar-refractivity contribution is 0.186. The zero-order chi connectivity index (χ0) is 18.0. The van der Waals surface area contributed by atoms with Gasteiger partial charge >= 0.3 is 11.7 Å². The number of benzene rings is 1. The molecule has 2 heterocycles. The van der Waals surface area contributed by atoms with E-state index in [2.05, 4.69) is 15.3 Å². The minimum atomic E-state index is -1.41. The monoisotopic (exact) mass is 347 g/mol. The molecule has 0 saturated heterocycles. The quantitative estimate of drug-likeness (QED) is 0.751. The summed E-state index contributed by atoms with van der Waals surface area (Å²) in [5.74, 6) is -1.86. The van der Waals surface area contributed by atoms with Gasteiger partial charge in [-0.05, 0) is 29.8 Å². The fourth-order valence-electron chi connectivity index (χ4n) is 2.39. The number of pyridine rings is 1. The molecule has 1 atom stereocenters. The van der Waals surface area contributed by atoms with Crippen LogP contribution in [0, 0.1) is 11.6 Å². The molecule has 0 saturated carbocycles. The summed E-state index contributed by atoms with van der Waals surface area (Å²) < 4.78 is 31.7. The lowest BCUT2D eigenvalue weighted by Crippen LogP contribution is -2.30. The second-order valence-electron chi connectivity index (χ2n) is 5.20. The van der Waals surface area contributed by atoms with Crippen LogP contribution in [0.15, 0.2) is 45.7 Å². The van der Waals surface area contributed by atoms with E-state index in [1.807, 2.05) is 0 Å². The van der Waals surface area contributed by atoms with Crippen molar-refractivity contribution in [3.05, 3.63) is 70.0 Å². The van der Waals surface area contributed by atoms with Crippen molar-refractivity contribution in [3.8, 4) is 0 Å². The Hall–Kier alpha value is -3.36. The third-order valence-corrected chi connectivity index (χ3v) is 3.38. The average Bonchev–Trinajstić information content (AvgIpc) is 2.53. The van der Waals surface area contributed by atoms with Crippen LogP contribution < -0.4 is 10.9 Å². The van der Waals surface area contributed by atoms with Gasteiger partial charge in [0.25, 0.3) is 0 Å². The molecule has 0 aliphatic heterocycles. The van der Waals surface area contributed by atoms with Crippen molar-refractivity contribution in [2.45, 2.75) is 12.5 Å². The van der Waals surface area contributed by atoms with Gasteiger partial charge in [0, 0.05) is 18.7 Å². The Balaban J connectivity index is 2.03. The van der Waals surface area contributed by atoms with Gasteiger partial charge in [0.05, 0.1) is 0 Å². The number of rotatable bonds is 4. The van der Waals surface area contributed by atoms with E-state index in [0.717, 1.165) is 12.1 Å². The van der Waals surface area contributed by atoms with Crippen molar-refractivity contribution in [1.29, 1.82) is 0 Å². The molecule has 0 aliphatic carbocycles. The Labute approximate surface area is 139 Å². The molecule has 1 unspecified atom stereocenters. The Bertz CT molecular complexity index is 986. The van der Waals surface area contributed by atoms with Crippen LogP contribution in [0.25, 0.3) is 11.0 Å². The number of nitrogens with zero attached hydrogens (tertiary/aromatic N) is 2. The third-order valence-electron chi connectivity index (χ3n) is 3.38. The molecular formula is C16H11F2N3O4. The maximum Gasteiger partial charge on any atom is 0.405 e. The first-order chi connectivity index (χ1) is 11.9. The van der Waals surface area contributed by atoms with Gasteiger partial charge in [-0.25, -0.2) is 23.4 Å². The van der Waals surface area contributed by atoms with Crippen molar-refractivity contribution in [1.82, 2.24) is 15.3 Å². The molecule has 1 aromatic carbocycles. The van der Waals surface area contributed by atoms with Gasteiger partial charge < -0.3 is 14.8 Å². The molecule has 9 heteroatoms. The van der Waals surface area contributed by atoms with E-state index < -0.39 is 29.4 Å². The summed E-state index contributed by atoms with van der Waals surface area (Å²) in [6.45, 7) is 0. The Morgan fingerprint density at radius 2 is 2.00 bits per heavy atom. The van der Waals surface area contributed by atoms with E-state index in [4.69, 9.17) is 9.52 Å². The van der Waals surface area contributed by atoms with Crippen molar-refractivity contribution in [3.63, 3.8) is 0 Å². The first-order valence-electron chi connectivity index (χ1n) is 7.12. The topological polar surface area (TPSA) is 105 Å². The minimum Gasteiger partial charge on any atom is -0.465 e. The molecule has 0 spiro atoms. The highest BCUT2D eigenvalue weighted by atomic mass is 19.1. The van der Waals surface area contributed by atoms with Crippen LogP contribution in [-0.4, -0.2) is 21.2 Å². The number of nitrogens with one attached hydrogen (secondary N) is 1. The summed E-state index contributed by atoms with van der Waals surface area (Å²) in [5, 5.41) is 11.3. The van der Waals surface area contributed by atoms with Gasteiger partial charge in [-0.3, -0.25) is 0 Å². The van der Waals surface area contributed by atoms with Crippen molar-refractivity contribution < 1.29 is 23.1 Å². The first-order valence-corrected chi connectivity index (χ1v) is 7.12. The van der Waals surface area contributed by atoms with E-state index in [9.17, 15) is 18.4 Å². The van der Waals surface area contributed by atoms with Crippen LogP contribution in [0.4, 0.5) is 13.6 Å². The van der Waals surface area contributed by atoms with Crippen LogP contribution in [-0.2, 0) is 6.42 Å². The molecule has 0 aliphatic rings. The predicted molar refractivity (Wildman–Crippen MR) is 82.0 cm³/mol. The third kappa shape index (κ3) is 3.77. The molecule has 0 bridgehead atoms. The molecule has 7 nitrogen and oxygen atoms in total. The number of halogens is 2. The Morgan fingerprint density at radius 1 is 1.28 bits per heavy atom. The molecule has 3 rings (SSSR count). The number of fused-ring (bicyclic) bond motifs is 1. The van der Waals surface area contributed by atoms with Crippen LogP contribution >= 0.6 is 0 Å². The summed E-state index contributed by atoms with van der Waals surface area (Å²) in [4.78, 5) is 31.0. The number of carbonyl (C=O) groups is 1. The van der Waals surface area contributed by atoms with Gasteiger partial charge in [0.2, 0.25) is 5.89 Å². The highest BCUT2D eigenvalue weighted by Gasteiger charge is 2.21. The fourth-order valence-corrected chi connectivity index (χ4v) is 2.39. The van der Waals surface area contributed by atoms with Gasteiger partial charge in [0.1, 0.15) is 23.1 Å². The zero-order valence-electron chi connectivity index (χ0n) is 12.6. The van der Waals surface area contributed by atoms with Crippen LogP contribution in [0.1, 0.15) is 17.5 Å². The van der Waals surface area contributed by atoms with Gasteiger partial charge in [-0.2, -0.15) is 4.98 Å². The number of hydrogen-bond acceptors (Lipinski definition) is 5. The maximum absolute atomic E-state index is 13.3. The summed E-state index contributed by atoms with van der Waals surface area (Å²) in [5.41, 5.74) is -0.492. The van der Waals surface area contributed by atoms with Crippen LogP contribution in [0.3, 0.4) is 0 Å². The van der Waals surface area contributed by atoms with Crippen molar-refractivity contribution >= 4 is 17.1 Å². The molecule has 0 radical (unpaired) electrons. The Kier molecular flexibility index (Phi) is 4.38. The number of amides is 1. The largest absolute Gasteiger partial charge is 0.465 e. The van der Waals surface area contributed by atoms with E-state index in [0.29, 0.717) is 6.07 Å². The molecule has 3 aromatic rings. The van der Waals surface area contributed by atoms with Crippen LogP contribution in [0.5, 0.6) is 0 Å². The molecule has 128 valence electrons. The molecular weight excluding hydrogens is 336 g/mol. The molecule has 1 amide bonds. The standard InChI is InChI=1S/C16H11F2N3O4/c17-9-4-8(5-10(18)7-9)6-12(20-16(23)24)14-21-13-11(15(22)25-14)2-1-3-19-13/h1-5,7,12,20H,6H2,(H,23,24). The normalized spacial score (nSPS) is 12.1. The Morgan fingerprint density at radius 3 is 2.68 bits per heavy atom.